The smallest absolute Gasteiger partial charge is 0.228 e. The molecule has 0 unspecified atom stereocenters. The minimum atomic E-state index is -0.482. The normalized spacial score (nSPS) is 15.7. The number of benzene rings is 1. The van der Waals surface area contributed by atoms with Crippen molar-refractivity contribution in [1.82, 2.24) is 19.6 Å². The van der Waals surface area contributed by atoms with Gasteiger partial charge in [-0.3, -0.25) is 4.79 Å². The molecule has 0 amide bonds. The predicted molar refractivity (Wildman–Crippen MR) is 106 cm³/mol. The van der Waals surface area contributed by atoms with Crippen molar-refractivity contribution >= 4 is 11.4 Å². The first-order chi connectivity index (χ1) is 14.6. The van der Waals surface area contributed by atoms with Crippen LogP contribution in [0.15, 0.2) is 70.8 Å². The second-order valence-electron chi connectivity index (χ2n) is 6.94. The van der Waals surface area contributed by atoms with Gasteiger partial charge in [0.15, 0.2) is 17.3 Å². The molecule has 5 rings (SSSR count). The molecule has 3 aromatic heterocycles. The lowest BCUT2D eigenvalue weighted by molar-refractivity contribution is -0.114. The first-order valence-electron chi connectivity index (χ1n) is 9.47. The predicted octanol–water partition coefficient (Wildman–Crippen LogP) is 3.68. The zero-order valence-electron chi connectivity index (χ0n) is 16.4. The molecule has 4 heterocycles. The number of hydrogen-bond acceptors (Lipinski definition) is 7. The molecule has 1 aliphatic rings. The molecule has 1 aromatic carbocycles. The maximum atomic E-state index is 12.5. The van der Waals surface area contributed by atoms with Crippen molar-refractivity contribution < 1.29 is 18.7 Å². The largest absolute Gasteiger partial charge is 0.486 e. The number of ketones is 1. The Hall–Kier alpha value is -3.94. The van der Waals surface area contributed by atoms with Gasteiger partial charge in [0, 0.05) is 5.57 Å². The lowest BCUT2D eigenvalue weighted by atomic mass is 9.85. The van der Waals surface area contributed by atoms with Crippen LogP contribution in [0.1, 0.15) is 36.9 Å². The maximum Gasteiger partial charge on any atom is 0.228 e. The van der Waals surface area contributed by atoms with Crippen molar-refractivity contribution in [3.05, 3.63) is 83.5 Å². The SMILES string of the molecule is CC(=O)C1=C(C)Oc2ncn3nc(COc4ccccc4)nc3c2[C@H]1c1ccco1. The molecule has 150 valence electrons. The standard InChI is InChI=1S/C22H18N4O4/c1-13(27)18-14(2)30-22-20(19(18)16-9-6-10-28-16)21-24-17(25-26(21)12-23-22)11-29-15-7-4-3-5-8-15/h3-10,12,19H,11H2,1-2H3/t19-/m0/s1. The van der Waals surface area contributed by atoms with E-state index in [9.17, 15) is 4.79 Å². The quantitative estimate of drug-likeness (QED) is 0.503. The van der Waals surface area contributed by atoms with Crippen LogP contribution in [0.2, 0.25) is 0 Å². The summed E-state index contributed by atoms with van der Waals surface area (Å²) in [5.74, 6) is 2.13. The zero-order valence-corrected chi connectivity index (χ0v) is 16.4. The molecular weight excluding hydrogens is 384 g/mol. The summed E-state index contributed by atoms with van der Waals surface area (Å²) in [4.78, 5) is 21.5. The molecule has 8 heteroatoms. The Kier molecular flexibility index (Phi) is 4.31. The number of allylic oxidation sites excluding steroid dienone is 2. The molecule has 0 saturated heterocycles. The van der Waals surface area contributed by atoms with E-state index in [2.05, 4.69) is 15.1 Å². The van der Waals surface area contributed by atoms with Crippen LogP contribution in [0.25, 0.3) is 5.65 Å². The van der Waals surface area contributed by atoms with E-state index in [1.165, 1.54) is 6.92 Å². The number of nitrogens with zero attached hydrogens (tertiary/aromatic N) is 4. The highest BCUT2D eigenvalue weighted by atomic mass is 16.5. The van der Waals surface area contributed by atoms with Crippen molar-refractivity contribution in [2.75, 3.05) is 0 Å². The highest BCUT2D eigenvalue weighted by Gasteiger charge is 2.37. The third kappa shape index (κ3) is 3.02. The molecule has 0 N–H and O–H groups in total. The van der Waals surface area contributed by atoms with E-state index in [1.807, 2.05) is 36.4 Å². The molecule has 0 fully saturated rings. The lowest BCUT2D eigenvalue weighted by Gasteiger charge is -2.26. The van der Waals surface area contributed by atoms with Gasteiger partial charge in [0.2, 0.25) is 5.88 Å². The van der Waals surface area contributed by atoms with Gasteiger partial charge in [0.05, 0.1) is 17.7 Å². The van der Waals surface area contributed by atoms with Crippen molar-refractivity contribution in [2.45, 2.75) is 26.4 Å². The molecule has 0 radical (unpaired) electrons. The number of para-hydroxylation sites is 1. The Morgan fingerprint density at radius 3 is 2.77 bits per heavy atom. The molecule has 1 atom stereocenters. The maximum absolute atomic E-state index is 12.5. The van der Waals surface area contributed by atoms with Crippen LogP contribution in [0.5, 0.6) is 11.6 Å². The Morgan fingerprint density at radius 2 is 2.03 bits per heavy atom. The van der Waals surface area contributed by atoms with Gasteiger partial charge < -0.3 is 13.9 Å². The average molecular weight is 402 g/mol. The van der Waals surface area contributed by atoms with E-state index in [0.29, 0.717) is 40.0 Å². The van der Waals surface area contributed by atoms with E-state index >= 15 is 0 Å². The van der Waals surface area contributed by atoms with Crippen molar-refractivity contribution in [3.63, 3.8) is 0 Å². The van der Waals surface area contributed by atoms with E-state index in [-0.39, 0.29) is 12.4 Å². The van der Waals surface area contributed by atoms with Crippen molar-refractivity contribution in [3.8, 4) is 11.6 Å². The number of Topliss-reactive ketones (excluding diaryl/α,β-unsaturated/α-hetero) is 1. The zero-order chi connectivity index (χ0) is 20.7. The number of carbonyl (C=O) groups excluding carboxylic acids is 1. The molecule has 4 aromatic rings. The number of aromatic nitrogens is 4. The second kappa shape index (κ2) is 7.14. The van der Waals surface area contributed by atoms with E-state index < -0.39 is 5.92 Å². The van der Waals surface area contributed by atoms with Crippen LogP contribution in [0, 0.1) is 0 Å². The lowest BCUT2D eigenvalue weighted by Crippen LogP contribution is -2.21. The minimum absolute atomic E-state index is 0.103. The Morgan fingerprint density at radius 1 is 1.20 bits per heavy atom. The van der Waals surface area contributed by atoms with Crippen molar-refractivity contribution in [2.24, 2.45) is 0 Å². The molecule has 8 nitrogen and oxygen atoms in total. The Balaban J connectivity index is 1.60. The first kappa shape index (κ1) is 18.1. The van der Waals surface area contributed by atoms with Crippen LogP contribution >= 0.6 is 0 Å². The van der Waals surface area contributed by atoms with Crippen LogP contribution in [-0.4, -0.2) is 25.4 Å². The summed E-state index contributed by atoms with van der Waals surface area (Å²) in [6, 6.07) is 13.1. The van der Waals surface area contributed by atoms with Gasteiger partial charge in [-0.05, 0) is 38.1 Å². The Labute approximate surface area is 171 Å². The Bertz CT molecular complexity index is 1260. The topological polar surface area (TPSA) is 91.8 Å². The number of hydrogen-bond donors (Lipinski definition) is 0. The number of rotatable bonds is 5. The first-order valence-corrected chi connectivity index (χ1v) is 9.47. The van der Waals surface area contributed by atoms with E-state index in [0.717, 1.165) is 5.75 Å². The highest BCUT2D eigenvalue weighted by molar-refractivity contribution is 5.97. The summed E-state index contributed by atoms with van der Waals surface area (Å²) in [7, 11) is 0. The molecule has 0 bridgehead atoms. The minimum Gasteiger partial charge on any atom is -0.486 e. The molecular formula is C22H18N4O4. The number of carbonyl (C=O) groups is 1. The van der Waals surface area contributed by atoms with Crippen LogP contribution in [0.4, 0.5) is 0 Å². The number of furan rings is 1. The van der Waals surface area contributed by atoms with E-state index in [4.69, 9.17) is 13.9 Å². The van der Waals surface area contributed by atoms with Gasteiger partial charge in [-0.1, -0.05) is 18.2 Å². The summed E-state index contributed by atoms with van der Waals surface area (Å²) >= 11 is 0. The summed E-state index contributed by atoms with van der Waals surface area (Å²) in [6.07, 6.45) is 3.12. The van der Waals surface area contributed by atoms with E-state index in [1.54, 1.807) is 30.1 Å². The van der Waals surface area contributed by atoms with Gasteiger partial charge in [-0.2, -0.15) is 0 Å². The van der Waals surface area contributed by atoms with Crippen LogP contribution < -0.4 is 9.47 Å². The van der Waals surface area contributed by atoms with Gasteiger partial charge in [-0.15, -0.1) is 5.10 Å². The van der Waals surface area contributed by atoms with Crippen LogP contribution in [-0.2, 0) is 11.4 Å². The van der Waals surface area contributed by atoms with Gasteiger partial charge >= 0.3 is 0 Å². The molecule has 30 heavy (non-hydrogen) atoms. The van der Waals surface area contributed by atoms with Gasteiger partial charge in [-0.25, -0.2) is 14.5 Å². The average Bonchev–Trinajstić information content (AvgIpc) is 3.41. The van der Waals surface area contributed by atoms with Crippen LogP contribution in [0.3, 0.4) is 0 Å². The van der Waals surface area contributed by atoms with Gasteiger partial charge in [0.1, 0.15) is 30.2 Å². The summed E-state index contributed by atoms with van der Waals surface area (Å²) in [5, 5.41) is 4.47. The fourth-order valence-electron chi connectivity index (χ4n) is 3.70. The highest BCUT2D eigenvalue weighted by Crippen LogP contribution is 2.44. The third-order valence-electron chi connectivity index (χ3n) is 4.96. The summed E-state index contributed by atoms with van der Waals surface area (Å²) < 4.78 is 18.9. The number of ether oxygens (including phenoxy) is 2. The molecule has 1 aliphatic heterocycles. The summed E-state index contributed by atoms with van der Waals surface area (Å²) in [6.45, 7) is 3.46. The third-order valence-corrected chi connectivity index (χ3v) is 4.96. The molecule has 0 aliphatic carbocycles. The number of fused-ring (bicyclic) bond motifs is 3. The van der Waals surface area contributed by atoms with Gasteiger partial charge in [0.25, 0.3) is 0 Å². The molecule has 0 saturated carbocycles. The fraction of sp³-hybridized carbons (Fsp3) is 0.182. The second-order valence-corrected chi connectivity index (χ2v) is 6.94. The fourth-order valence-corrected chi connectivity index (χ4v) is 3.70. The molecule has 0 spiro atoms. The monoisotopic (exact) mass is 402 g/mol. The summed E-state index contributed by atoms with van der Waals surface area (Å²) in [5.41, 5.74) is 1.69. The van der Waals surface area contributed by atoms with Crippen molar-refractivity contribution in [1.29, 1.82) is 0 Å².